The fourth-order valence-electron chi connectivity index (χ4n) is 2.34. The number of hydrogen-bond acceptors (Lipinski definition) is 5. The Morgan fingerprint density at radius 3 is 3.15 bits per heavy atom. The molecule has 0 aromatic carbocycles. The van der Waals surface area contributed by atoms with Crippen molar-refractivity contribution in [1.82, 2.24) is 9.88 Å². The van der Waals surface area contributed by atoms with Gasteiger partial charge in [-0.3, -0.25) is 4.90 Å². The lowest BCUT2D eigenvalue weighted by atomic mass is 10.2. The van der Waals surface area contributed by atoms with Crippen LogP contribution >= 0.6 is 11.3 Å². The number of rotatable bonds is 5. The molecule has 6 nitrogen and oxygen atoms in total. The molecule has 0 aliphatic carbocycles. The van der Waals surface area contributed by atoms with E-state index in [0.29, 0.717) is 11.2 Å². The summed E-state index contributed by atoms with van der Waals surface area (Å²) in [4.78, 5) is 20.5. The van der Waals surface area contributed by atoms with E-state index in [1.165, 1.54) is 21.1 Å². The smallest absolute Gasteiger partial charge is 0.413 e. The fourth-order valence-corrected chi connectivity index (χ4v) is 3.40. The van der Waals surface area contributed by atoms with Crippen LogP contribution in [-0.2, 0) is 17.7 Å². The van der Waals surface area contributed by atoms with Crippen LogP contribution < -0.4 is 4.90 Å². The maximum atomic E-state index is 11.2. The number of ether oxygens (including phenoxy) is 1. The topological polar surface area (TPSA) is 69.2 Å². The molecule has 0 spiro atoms. The Morgan fingerprint density at radius 1 is 1.70 bits per heavy atom. The first-order valence-corrected chi connectivity index (χ1v) is 7.43. The van der Waals surface area contributed by atoms with E-state index in [1.807, 2.05) is 0 Å². The Morgan fingerprint density at radius 2 is 2.50 bits per heavy atom. The summed E-state index contributed by atoms with van der Waals surface area (Å²) in [7, 11) is 0. The zero-order valence-electron chi connectivity index (χ0n) is 11.1. The van der Waals surface area contributed by atoms with Gasteiger partial charge < -0.3 is 9.84 Å². The van der Waals surface area contributed by atoms with Gasteiger partial charge in [0, 0.05) is 31.1 Å². The van der Waals surface area contributed by atoms with Crippen LogP contribution in [0.3, 0.4) is 0 Å². The van der Waals surface area contributed by atoms with Crippen LogP contribution in [0.2, 0.25) is 0 Å². The minimum Gasteiger partial charge on any atom is -0.465 e. The van der Waals surface area contributed by atoms with E-state index in [4.69, 9.17) is 4.74 Å². The van der Waals surface area contributed by atoms with Crippen molar-refractivity contribution in [1.29, 1.82) is 0 Å². The van der Waals surface area contributed by atoms with Crippen molar-refractivity contribution in [2.75, 3.05) is 31.1 Å². The third kappa shape index (κ3) is 2.84. The van der Waals surface area contributed by atoms with Gasteiger partial charge in [-0.15, -0.1) is 17.9 Å². The summed E-state index contributed by atoms with van der Waals surface area (Å²) in [5, 5.41) is 9.76. The maximum absolute atomic E-state index is 11.2. The van der Waals surface area contributed by atoms with Crippen molar-refractivity contribution in [2.24, 2.45) is 0 Å². The van der Waals surface area contributed by atoms with Gasteiger partial charge in [-0.25, -0.2) is 14.7 Å². The van der Waals surface area contributed by atoms with Gasteiger partial charge in [-0.05, 0) is 6.42 Å². The number of carboxylic acid groups (broad SMARTS) is 1. The molecule has 1 aromatic rings. The van der Waals surface area contributed by atoms with Gasteiger partial charge in [-0.2, -0.15) is 0 Å². The number of thiazole rings is 1. The monoisotopic (exact) mass is 295 g/mol. The molecule has 1 atom stereocenters. The number of nitrogens with zero attached hydrogens (tertiary/aromatic N) is 3. The maximum Gasteiger partial charge on any atom is 0.413 e. The molecule has 0 unspecified atom stereocenters. The van der Waals surface area contributed by atoms with Crippen molar-refractivity contribution in [3.8, 4) is 0 Å². The molecule has 1 saturated heterocycles. The third-order valence-corrected chi connectivity index (χ3v) is 4.61. The Labute approximate surface area is 121 Å². The van der Waals surface area contributed by atoms with E-state index in [9.17, 15) is 9.90 Å². The lowest BCUT2D eigenvalue weighted by molar-refractivity contribution is 0.202. The lowest BCUT2D eigenvalue weighted by Crippen LogP contribution is -2.33. The quantitative estimate of drug-likeness (QED) is 0.659. The average molecular weight is 295 g/mol. The molecule has 2 aliphatic rings. The van der Waals surface area contributed by atoms with Gasteiger partial charge in [0.05, 0.1) is 18.4 Å². The zero-order chi connectivity index (χ0) is 14.1. The lowest BCUT2D eigenvalue weighted by Gasteiger charge is -2.24. The van der Waals surface area contributed by atoms with Crippen LogP contribution in [0.25, 0.3) is 0 Å². The second kappa shape index (κ2) is 5.51. The second-order valence-corrected chi connectivity index (χ2v) is 6.05. The predicted octanol–water partition coefficient (Wildman–Crippen LogP) is 1.57. The van der Waals surface area contributed by atoms with Gasteiger partial charge in [0.25, 0.3) is 0 Å². The first-order chi connectivity index (χ1) is 9.67. The van der Waals surface area contributed by atoms with Crippen molar-refractivity contribution in [3.05, 3.63) is 23.2 Å². The Kier molecular flexibility index (Phi) is 3.73. The Hall–Kier alpha value is -1.44. The number of anilines is 1. The van der Waals surface area contributed by atoms with Gasteiger partial charge >= 0.3 is 6.09 Å². The molecule has 3 heterocycles. The summed E-state index contributed by atoms with van der Waals surface area (Å²) >= 11 is 1.48. The summed E-state index contributed by atoms with van der Waals surface area (Å²) in [6, 6.07) is 0. The Bertz CT molecular complexity index is 527. The molecule has 0 radical (unpaired) electrons. The highest BCUT2D eigenvalue weighted by atomic mass is 32.1. The van der Waals surface area contributed by atoms with E-state index in [-0.39, 0.29) is 6.54 Å². The van der Waals surface area contributed by atoms with E-state index >= 15 is 0 Å². The van der Waals surface area contributed by atoms with Gasteiger partial charge in [0.1, 0.15) is 0 Å². The van der Waals surface area contributed by atoms with Crippen LogP contribution in [0.1, 0.15) is 10.6 Å². The number of amides is 1. The van der Waals surface area contributed by atoms with Crippen molar-refractivity contribution in [3.63, 3.8) is 0 Å². The minimum atomic E-state index is -0.987. The number of aromatic nitrogens is 1. The Balaban J connectivity index is 1.74. The molecular formula is C13H17N3O3S. The highest BCUT2D eigenvalue weighted by Crippen LogP contribution is 2.31. The number of hydrogen-bond donors (Lipinski definition) is 1. The number of fused-ring (bicyclic) bond motifs is 1. The first kappa shape index (κ1) is 13.5. The summed E-state index contributed by atoms with van der Waals surface area (Å²) < 4.78 is 5.25. The van der Waals surface area contributed by atoms with Crippen LogP contribution in [-0.4, -0.2) is 53.4 Å². The van der Waals surface area contributed by atoms with Crippen LogP contribution in [0.5, 0.6) is 0 Å². The second-order valence-electron chi connectivity index (χ2n) is 4.99. The largest absolute Gasteiger partial charge is 0.465 e. The predicted molar refractivity (Wildman–Crippen MR) is 76.4 cm³/mol. The molecule has 1 N–H and O–H groups in total. The number of carbonyl (C=O) groups is 1. The van der Waals surface area contributed by atoms with Gasteiger partial charge in [0.15, 0.2) is 5.13 Å². The number of epoxide rings is 1. The molecule has 3 rings (SSSR count). The van der Waals surface area contributed by atoms with Crippen molar-refractivity contribution in [2.45, 2.75) is 19.1 Å². The van der Waals surface area contributed by atoms with Crippen LogP contribution in [0.15, 0.2) is 12.7 Å². The average Bonchev–Trinajstić information content (AvgIpc) is 3.12. The highest BCUT2D eigenvalue weighted by Gasteiger charge is 2.29. The van der Waals surface area contributed by atoms with Gasteiger partial charge in [0.2, 0.25) is 0 Å². The molecule has 0 saturated carbocycles. The third-order valence-electron chi connectivity index (χ3n) is 3.43. The van der Waals surface area contributed by atoms with Crippen molar-refractivity contribution < 1.29 is 14.6 Å². The molecule has 20 heavy (non-hydrogen) atoms. The molecule has 1 aromatic heterocycles. The minimum absolute atomic E-state index is 0.265. The van der Waals surface area contributed by atoms with E-state index in [0.717, 1.165) is 38.4 Å². The molecule has 108 valence electrons. The summed E-state index contributed by atoms with van der Waals surface area (Å²) in [5.74, 6) is 0. The summed E-state index contributed by atoms with van der Waals surface area (Å²) in [5.41, 5.74) is 1.01. The molecule has 7 heteroatoms. The zero-order valence-corrected chi connectivity index (χ0v) is 11.9. The first-order valence-electron chi connectivity index (χ1n) is 6.61. The molecular weight excluding hydrogens is 278 g/mol. The highest BCUT2D eigenvalue weighted by molar-refractivity contribution is 7.15. The molecule has 0 bridgehead atoms. The normalized spacial score (nSPS) is 21.3. The summed E-state index contributed by atoms with van der Waals surface area (Å²) in [6.45, 7) is 7.44. The van der Waals surface area contributed by atoms with E-state index in [1.54, 1.807) is 6.08 Å². The summed E-state index contributed by atoms with van der Waals surface area (Å²) in [6.07, 6.45) is 1.90. The SMILES string of the molecule is C=CCN(C(=O)O)c1nc2c(s1)CCN(C[C@@H]1CO1)C2. The standard InChI is InChI=1S/C13H17N3O3S/c1-2-4-16(13(17)18)12-14-10-7-15(6-9-8-19-9)5-3-11(10)20-12/h2,9H,1,3-8H2,(H,17,18)/t9-/m1/s1. The van der Waals surface area contributed by atoms with Crippen LogP contribution in [0, 0.1) is 0 Å². The van der Waals surface area contributed by atoms with E-state index < -0.39 is 6.09 Å². The molecule has 1 amide bonds. The molecule has 1 fully saturated rings. The van der Waals surface area contributed by atoms with Crippen molar-refractivity contribution >= 4 is 22.6 Å². The van der Waals surface area contributed by atoms with E-state index in [2.05, 4.69) is 16.5 Å². The van der Waals surface area contributed by atoms with Crippen LogP contribution in [0.4, 0.5) is 9.93 Å². The fraction of sp³-hybridized carbons (Fsp3) is 0.538. The van der Waals surface area contributed by atoms with Gasteiger partial charge in [-0.1, -0.05) is 6.08 Å². The molecule has 2 aliphatic heterocycles.